The molecule has 146 valence electrons. The van der Waals surface area contributed by atoms with Crippen LogP contribution in [0.15, 0.2) is 41.3 Å². The molecule has 1 fully saturated rings. The molecule has 0 unspecified atom stereocenters. The van der Waals surface area contributed by atoms with Gasteiger partial charge < -0.3 is 5.32 Å². The van der Waals surface area contributed by atoms with Gasteiger partial charge in [-0.2, -0.15) is 9.40 Å². The molecule has 1 atom stereocenters. The highest BCUT2D eigenvalue weighted by Gasteiger charge is 2.33. The summed E-state index contributed by atoms with van der Waals surface area (Å²) in [6, 6.07) is 10.3. The van der Waals surface area contributed by atoms with Crippen LogP contribution in [0.1, 0.15) is 31.2 Å². The van der Waals surface area contributed by atoms with E-state index in [0.29, 0.717) is 25.9 Å². The Kier molecular flexibility index (Phi) is 5.96. The Morgan fingerprint density at radius 1 is 1.30 bits per heavy atom. The molecule has 1 N–H and O–H groups in total. The molecule has 1 aliphatic rings. The fraction of sp³-hybridized carbons (Fsp3) is 0.474. The smallest absolute Gasteiger partial charge is 0.243 e. The number of hydrogen-bond acceptors (Lipinski definition) is 4. The summed E-state index contributed by atoms with van der Waals surface area (Å²) in [5.74, 6) is -0.444. The minimum atomic E-state index is -3.56. The highest BCUT2D eigenvalue weighted by Crippen LogP contribution is 2.23. The molecule has 2 aromatic rings. The number of aromatic nitrogens is 2. The average Bonchev–Trinajstić information content (AvgIpc) is 3.06. The van der Waals surface area contributed by atoms with E-state index in [1.807, 2.05) is 24.6 Å². The lowest BCUT2D eigenvalue weighted by atomic mass is 9.99. The van der Waals surface area contributed by atoms with Crippen LogP contribution in [0.2, 0.25) is 0 Å². The highest BCUT2D eigenvalue weighted by atomic mass is 32.2. The number of aryl methyl sites for hydroxylation is 2. The predicted octanol–water partition coefficient (Wildman–Crippen LogP) is 1.93. The molecule has 0 spiro atoms. The molecule has 1 aromatic carbocycles. The van der Waals surface area contributed by atoms with E-state index in [2.05, 4.69) is 10.4 Å². The van der Waals surface area contributed by atoms with E-state index in [-0.39, 0.29) is 23.3 Å². The van der Waals surface area contributed by atoms with Gasteiger partial charge in [-0.3, -0.25) is 9.48 Å². The summed E-state index contributed by atoms with van der Waals surface area (Å²) in [5.41, 5.74) is 1.87. The number of sulfonamides is 1. The van der Waals surface area contributed by atoms with Crippen LogP contribution < -0.4 is 5.32 Å². The minimum absolute atomic E-state index is 0.107. The predicted molar refractivity (Wildman–Crippen MR) is 102 cm³/mol. The summed E-state index contributed by atoms with van der Waals surface area (Å²) < 4.78 is 28.9. The summed E-state index contributed by atoms with van der Waals surface area (Å²) in [4.78, 5) is 12.9. The van der Waals surface area contributed by atoms with Crippen LogP contribution in [0.3, 0.4) is 0 Å². The quantitative estimate of drug-likeness (QED) is 0.817. The van der Waals surface area contributed by atoms with Crippen molar-refractivity contribution in [3.63, 3.8) is 0 Å². The van der Waals surface area contributed by atoms with Crippen molar-refractivity contribution in [1.29, 1.82) is 0 Å². The van der Waals surface area contributed by atoms with Crippen molar-refractivity contribution in [3.8, 4) is 0 Å². The van der Waals surface area contributed by atoms with E-state index < -0.39 is 10.0 Å². The molecule has 1 aromatic heterocycles. The summed E-state index contributed by atoms with van der Waals surface area (Å²) in [7, 11) is -3.56. The number of nitrogens with one attached hydrogen (secondary N) is 1. The van der Waals surface area contributed by atoms with Gasteiger partial charge in [0.25, 0.3) is 0 Å². The second-order valence-electron chi connectivity index (χ2n) is 6.83. The van der Waals surface area contributed by atoms with Gasteiger partial charge >= 0.3 is 0 Å². The molecule has 3 rings (SSSR count). The van der Waals surface area contributed by atoms with E-state index in [4.69, 9.17) is 0 Å². The lowest BCUT2D eigenvalue weighted by Crippen LogP contribution is -2.45. The van der Waals surface area contributed by atoms with Crippen molar-refractivity contribution in [2.24, 2.45) is 5.92 Å². The van der Waals surface area contributed by atoms with Crippen molar-refractivity contribution in [3.05, 3.63) is 47.8 Å². The highest BCUT2D eigenvalue weighted by molar-refractivity contribution is 7.89. The molecule has 27 heavy (non-hydrogen) atoms. The van der Waals surface area contributed by atoms with Gasteiger partial charge in [-0.25, -0.2) is 8.42 Å². The van der Waals surface area contributed by atoms with Gasteiger partial charge in [0.15, 0.2) is 0 Å². The van der Waals surface area contributed by atoms with E-state index >= 15 is 0 Å². The lowest BCUT2D eigenvalue weighted by Gasteiger charge is -2.31. The summed E-state index contributed by atoms with van der Waals surface area (Å²) in [5, 5.41) is 7.32. The van der Waals surface area contributed by atoms with Crippen LogP contribution in [0.5, 0.6) is 0 Å². The van der Waals surface area contributed by atoms with Gasteiger partial charge in [-0.15, -0.1) is 0 Å². The van der Waals surface area contributed by atoms with E-state index in [9.17, 15) is 13.2 Å². The van der Waals surface area contributed by atoms with Crippen LogP contribution in [0, 0.1) is 12.8 Å². The normalized spacial score (nSPS) is 18.4. The molecule has 1 saturated heterocycles. The Hall–Kier alpha value is -2.19. The number of carbonyl (C=O) groups is 1. The fourth-order valence-corrected chi connectivity index (χ4v) is 5.00. The summed E-state index contributed by atoms with van der Waals surface area (Å²) in [6.07, 6.45) is 1.37. The van der Waals surface area contributed by atoms with Gasteiger partial charge in [0, 0.05) is 19.6 Å². The zero-order valence-corrected chi connectivity index (χ0v) is 16.6. The summed E-state index contributed by atoms with van der Waals surface area (Å²) >= 11 is 0. The number of hydrogen-bond donors (Lipinski definition) is 1. The molecule has 1 aliphatic heterocycles. The zero-order valence-electron chi connectivity index (χ0n) is 15.8. The number of nitrogens with zero attached hydrogens (tertiary/aromatic N) is 3. The molecular weight excluding hydrogens is 364 g/mol. The molecular formula is C19H26N4O3S. The maximum atomic E-state index is 12.8. The van der Waals surface area contributed by atoms with Gasteiger partial charge in [0.2, 0.25) is 15.9 Å². The van der Waals surface area contributed by atoms with Crippen molar-refractivity contribution in [1.82, 2.24) is 19.4 Å². The largest absolute Gasteiger partial charge is 0.350 e. The third-order valence-electron chi connectivity index (χ3n) is 4.86. The molecule has 7 nitrogen and oxygen atoms in total. The Balaban J connectivity index is 1.64. The first-order valence-corrected chi connectivity index (χ1v) is 10.7. The molecule has 1 amide bonds. The van der Waals surface area contributed by atoms with E-state index in [0.717, 1.165) is 17.9 Å². The van der Waals surface area contributed by atoms with Crippen LogP contribution in [-0.4, -0.2) is 41.5 Å². The zero-order chi connectivity index (χ0) is 19.4. The van der Waals surface area contributed by atoms with Gasteiger partial charge in [-0.05, 0) is 44.9 Å². The van der Waals surface area contributed by atoms with E-state index in [1.54, 1.807) is 30.3 Å². The first-order chi connectivity index (χ1) is 12.9. The van der Waals surface area contributed by atoms with Crippen molar-refractivity contribution >= 4 is 15.9 Å². The van der Waals surface area contributed by atoms with Crippen LogP contribution >= 0.6 is 0 Å². The second kappa shape index (κ2) is 8.22. The van der Waals surface area contributed by atoms with Gasteiger partial charge in [0.1, 0.15) is 0 Å². The number of rotatable bonds is 6. The molecule has 0 bridgehead atoms. The van der Waals surface area contributed by atoms with E-state index in [1.165, 1.54) is 4.31 Å². The van der Waals surface area contributed by atoms with Crippen molar-refractivity contribution in [2.75, 3.05) is 13.1 Å². The van der Waals surface area contributed by atoms with Crippen LogP contribution in [0.25, 0.3) is 0 Å². The van der Waals surface area contributed by atoms with Gasteiger partial charge in [0.05, 0.1) is 28.7 Å². The fourth-order valence-electron chi connectivity index (χ4n) is 3.45. The van der Waals surface area contributed by atoms with Crippen molar-refractivity contribution in [2.45, 2.75) is 44.7 Å². The summed E-state index contributed by atoms with van der Waals surface area (Å²) in [6.45, 7) is 5.73. The third-order valence-corrected chi connectivity index (χ3v) is 6.74. The molecule has 0 aliphatic carbocycles. The first kappa shape index (κ1) is 19.6. The third kappa shape index (κ3) is 4.39. The number of benzene rings is 1. The second-order valence-corrected chi connectivity index (χ2v) is 8.76. The van der Waals surface area contributed by atoms with Gasteiger partial charge in [-0.1, -0.05) is 18.2 Å². The number of amides is 1. The number of carbonyl (C=O) groups excluding carboxylic acids is 1. The maximum Gasteiger partial charge on any atom is 0.243 e. The maximum absolute atomic E-state index is 12.8. The molecule has 2 heterocycles. The molecule has 0 saturated carbocycles. The Labute approximate surface area is 160 Å². The first-order valence-electron chi connectivity index (χ1n) is 9.28. The SMILES string of the molecule is CCn1nc(C)cc1CNC(=O)[C@H]1CCCN(S(=O)(=O)c2ccccc2)C1. The molecule has 0 radical (unpaired) electrons. The Morgan fingerprint density at radius 3 is 2.74 bits per heavy atom. The molecule has 8 heteroatoms. The Bertz CT molecular complexity index is 893. The van der Waals surface area contributed by atoms with Crippen LogP contribution in [-0.2, 0) is 27.9 Å². The topological polar surface area (TPSA) is 84.3 Å². The lowest BCUT2D eigenvalue weighted by molar-refractivity contribution is -0.126. The van der Waals surface area contributed by atoms with Crippen molar-refractivity contribution < 1.29 is 13.2 Å². The minimum Gasteiger partial charge on any atom is -0.350 e. The monoisotopic (exact) mass is 390 g/mol. The average molecular weight is 391 g/mol. The standard InChI is InChI=1S/C19H26N4O3S/c1-3-23-17(12-15(2)21-23)13-20-19(24)16-8-7-11-22(14-16)27(25,26)18-9-5-4-6-10-18/h4-6,9-10,12,16H,3,7-8,11,13-14H2,1-2H3,(H,20,24)/t16-/m0/s1. The Morgan fingerprint density at radius 2 is 2.04 bits per heavy atom. The van der Waals surface area contributed by atoms with Crippen LogP contribution in [0.4, 0.5) is 0 Å². The number of piperidine rings is 1.